The molecular formula is C15H20ClFN4O. The third kappa shape index (κ3) is 4.05. The van der Waals surface area contributed by atoms with Gasteiger partial charge in [-0.05, 0) is 38.1 Å². The van der Waals surface area contributed by atoms with Crippen molar-refractivity contribution in [3.05, 3.63) is 41.8 Å². The summed E-state index contributed by atoms with van der Waals surface area (Å²) < 4.78 is 14.6. The van der Waals surface area contributed by atoms with Gasteiger partial charge in [0.2, 0.25) is 5.91 Å². The van der Waals surface area contributed by atoms with E-state index < -0.39 is 0 Å². The monoisotopic (exact) mass is 326 g/mol. The first kappa shape index (κ1) is 18.1. The summed E-state index contributed by atoms with van der Waals surface area (Å²) in [5.74, 6) is -0.273. The highest BCUT2D eigenvalue weighted by atomic mass is 35.5. The van der Waals surface area contributed by atoms with Gasteiger partial charge in [0, 0.05) is 12.1 Å². The number of amides is 1. The average molecular weight is 327 g/mol. The largest absolute Gasteiger partial charge is 0.327 e. The molecule has 3 N–H and O–H groups in total. The van der Waals surface area contributed by atoms with Crippen LogP contribution in [0.15, 0.2) is 30.3 Å². The van der Waals surface area contributed by atoms with Gasteiger partial charge < -0.3 is 11.1 Å². The number of nitrogens with zero attached hydrogens (tertiary/aromatic N) is 2. The maximum atomic E-state index is 13.0. The number of carbonyl (C=O) groups is 1. The minimum atomic E-state index is -0.321. The van der Waals surface area contributed by atoms with Crippen molar-refractivity contribution in [3.63, 3.8) is 0 Å². The van der Waals surface area contributed by atoms with Crippen LogP contribution in [0, 0.1) is 18.7 Å². The van der Waals surface area contributed by atoms with Crippen LogP contribution < -0.4 is 11.1 Å². The second kappa shape index (κ2) is 7.38. The lowest BCUT2D eigenvalue weighted by molar-refractivity contribution is -0.119. The first-order valence-electron chi connectivity index (χ1n) is 6.77. The highest BCUT2D eigenvalue weighted by molar-refractivity contribution is 5.92. The lowest BCUT2D eigenvalue weighted by Gasteiger charge is -2.16. The van der Waals surface area contributed by atoms with E-state index in [1.807, 2.05) is 6.92 Å². The van der Waals surface area contributed by atoms with E-state index in [1.54, 1.807) is 36.7 Å². The first-order chi connectivity index (χ1) is 9.88. The zero-order valence-electron chi connectivity index (χ0n) is 12.7. The predicted molar refractivity (Wildman–Crippen MR) is 87.0 cm³/mol. The van der Waals surface area contributed by atoms with Gasteiger partial charge in [0.05, 0.1) is 17.3 Å². The van der Waals surface area contributed by atoms with E-state index in [1.165, 1.54) is 12.1 Å². The Kier molecular flexibility index (Phi) is 6.08. The van der Waals surface area contributed by atoms with E-state index >= 15 is 0 Å². The number of nitrogens with two attached hydrogens (primary N) is 1. The van der Waals surface area contributed by atoms with E-state index in [0.29, 0.717) is 11.5 Å². The van der Waals surface area contributed by atoms with Crippen LogP contribution in [0.25, 0.3) is 5.69 Å². The summed E-state index contributed by atoms with van der Waals surface area (Å²) in [7, 11) is 0. The van der Waals surface area contributed by atoms with Crippen LogP contribution in [0.2, 0.25) is 0 Å². The number of hydrogen-bond acceptors (Lipinski definition) is 3. The summed E-state index contributed by atoms with van der Waals surface area (Å²) in [4.78, 5) is 12.1. The molecule has 0 saturated carbocycles. The van der Waals surface area contributed by atoms with E-state index in [4.69, 9.17) is 5.73 Å². The molecule has 0 aliphatic heterocycles. The molecule has 5 nitrogen and oxygen atoms in total. The minimum Gasteiger partial charge on any atom is -0.327 e. The Hall–Kier alpha value is -1.92. The summed E-state index contributed by atoms with van der Waals surface area (Å²) >= 11 is 0. The van der Waals surface area contributed by atoms with Crippen molar-refractivity contribution in [3.8, 4) is 5.69 Å². The lowest BCUT2D eigenvalue weighted by atomic mass is 10.0. The molecule has 0 aliphatic carbocycles. The molecule has 0 radical (unpaired) electrons. The van der Waals surface area contributed by atoms with Crippen LogP contribution in [0.3, 0.4) is 0 Å². The smallest absolute Gasteiger partial charge is 0.229 e. The van der Waals surface area contributed by atoms with Crippen molar-refractivity contribution >= 4 is 24.1 Å². The van der Waals surface area contributed by atoms with E-state index in [2.05, 4.69) is 10.4 Å². The molecule has 22 heavy (non-hydrogen) atoms. The van der Waals surface area contributed by atoms with Gasteiger partial charge in [-0.15, -0.1) is 12.4 Å². The lowest BCUT2D eigenvalue weighted by Crippen LogP contribution is -2.34. The number of halogens is 2. The van der Waals surface area contributed by atoms with Gasteiger partial charge in [0.25, 0.3) is 0 Å². The van der Waals surface area contributed by atoms with Gasteiger partial charge in [0.1, 0.15) is 11.6 Å². The van der Waals surface area contributed by atoms with Gasteiger partial charge in [-0.2, -0.15) is 5.10 Å². The van der Waals surface area contributed by atoms with Crippen molar-refractivity contribution in [2.45, 2.75) is 26.8 Å². The molecule has 2 rings (SSSR count). The van der Waals surface area contributed by atoms with Gasteiger partial charge in [0.15, 0.2) is 0 Å². The summed E-state index contributed by atoms with van der Waals surface area (Å²) in [6.45, 7) is 5.38. The van der Waals surface area contributed by atoms with Gasteiger partial charge >= 0.3 is 0 Å². The van der Waals surface area contributed by atoms with Crippen molar-refractivity contribution in [2.75, 3.05) is 5.32 Å². The first-order valence-corrected chi connectivity index (χ1v) is 6.77. The molecular weight excluding hydrogens is 307 g/mol. The van der Waals surface area contributed by atoms with E-state index in [0.717, 1.165) is 5.69 Å². The molecule has 0 fully saturated rings. The Morgan fingerprint density at radius 2 is 1.91 bits per heavy atom. The number of anilines is 1. The van der Waals surface area contributed by atoms with E-state index in [-0.39, 0.29) is 36.1 Å². The van der Waals surface area contributed by atoms with Crippen LogP contribution in [0.5, 0.6) is 0 Å². The van der Waals surface area contributed by atoms with Crippen LogP contribution in [0.1, 0.15) is 19.5 Å². The Morgan fingerprint density at radius 1 is 1.32 bits per heavy atom. The Bertz CT molecular complexity index is 639. The molecule has 2 atom stereocenters. The summed E-state index contributed by atoms with van der Waals surface area (Å²) in [5.41, 5.74) is 7.16. The maximum absolute atomic E-state index is 13.0. The third-order valence-corrected chi connectivity index (χ3v) is 3.36. The summed E-state index contributed by atoms with van der Waals surface area (Å²) in [6.07, 6.45) is 0. The Labute approximate surface area is 135 Å². The van der Waals surface area contributed by atoms with Crippen LogP contribution in [-0.2, 0) is 4.79 Å². The molecule has 0 bridgehead atoms. The van der Waals surface area contributed by atoms with E-state index in [9.17, 15) is 9.18 Å². The summed E-state index contributed by atoms with van der Waals surface area (Å²) in [5, 5.41) is 7.13. The summed E-state index contributed by atoms with van der Waals surface area (Å²) in [6, 6.07) is 7.42. The Balaban J connectivity index is 0.00000242. The van der Waals surface area contributed by atoms with Crippen molar-refractivity contribution < 1.29 is 9.18 Å². The van der Waals surface area contributed by atoms with Gasteiger partial charge in [-0.25, -0.2) is 9.07 Å². The fourth-order valence-corrected chi connectivity index (χ4v) is 1.85. The molecule has 2 aromatic rings. The number of benzene rings is 1. The van der Waals surface area contributed by atoms with Crippen molar-refractivity contribution in [2.24, 2.45) is 11.7 Å². The number of hydrogen-bond donors (Lipinski definition) is 2. The van der Waals surface area contributed by atoms with Crippen LogP contribution in [-0.4, -0.2) is 21.7 Å². The zero-order valence-corrected chi connectivity index (χ0v) is 13.5. The molecule has 7 heteroatoms. The fourth-order valence-electron chi connectivity index (χ4n) is 1.85. The molecule has 0 spiro atoms. The Morgan fingerprint density at radius 3 is 2.45 bits per heavy atom. The van der Waals surface area contributed by atoms with Crippen LogP contribution in [0.4, 0.5) is 10.2 Å². The average Bonchev–Trinajstić information content (AvgIpc) is 2.79. The molecule has 1 amide bonds. The number of nitrogens with one attached hydrogen (secondary N) is 1. The number of aryl methyl sites for hydroxylation is 1. The molecule has 0 saturated heterocycles. The molecule has 1 aromatic carbocycles. The molecule has 1 aromatic heterocycles. The van der Waals surface area contributed by atoms with Crippen LogP contribution >= 0.6 is 12.4 Å². The zero-order chi connectivity index (χ0) is 15.6. The second-order valence-electron chi connectivity index (χ2n) is 5.20. The SMILES string of the molecule is Cc1cc(NC(=O)C(C)C(C)N)n(-c2ccc(F)cc2)n1.Cl. The maximum Gasteiger partial charge on any atom is 0.229 e. The molecule has 0 aliphatic rings. The standard InChI is InChI=1S/C15H19FN4O.ClH/c1-9-8-14(18-15(21)10(2)11(3)17)20(19-9)13-6-4-12(16)5-7-13;/h4-8,10-11H,17H2,1-3H3,(H,18,21);1H. The normalized spacial score (nSPS) is 13.1. The number of carbonyl (C=O) groups excluding carboxylic acids is 1. The highest BCUT2D eigenvalue weighted by Gasteiger charge is 2.19. The molecule has 120 valence electrons. The molecule has 1 heterocycles. The van der Waals surface area contributed by atoms with Gasteiger partial charge in [-0.3, -0.25) is 4.79 Å². The molecule has 2 unspecified atom stereocenters. The van der Waals surface area contributed by atoms with Gasteiger partial charge in [-0.1, -0.05) is 6.92 Å². The fraction of sp³-hybridized carbons (Fsp3) is 0.333. The topological polar surface area (TPSA) is 72.9 Å². The predicted octanol–water partition coefficient (Wildman–Crippen LogP) is 2.66. The van der Waals surface area contributed by atoms with Crippen molar-refractivity contribution in [1.29, 1.82) is 0 Å². The van der Waals surface area contributed by atoms with Crippen molar-refractivity contribution in [1.82, 2.24) is 9.78 Å². The number of rotatable bonds is 4. The highest BCUT2D eigenvalue weighted by Crippen LogP contribution is 2.18. The minimum absolute atomic E-state index is 0. The quantitative estimate of drug-likeness (QED) is 0.907. The number of aromatic nitrogens is 2. The second-order valence-corrected chi connectivity index (χ2v) is 5.20. The third-order valence-electron chi connectivity index (χ3n) is 3.36.